The summed E-state index contributed by atoms with van der Waals surface area (Å²) in [6, 6.07) is 24.4. The van der Waals surface area contributed by atoms with Crippen LogP contribution in [0.25, 0.3) is 22.2 Å². The van der Waals surface area contributed by atoms with Crippen molar-refractivity contribution in [3.8, 4) is 11.3 Å². The van der Waals surface area contributed by atoms with Gasteiger partial charge >= 0.3 is 0 Å². The first-order chi connectivity index (χ1) is 13.6. The van der Waals surface area contributed by atoms with Crippen molar-refractivity contribution in [1.29, 1.82) is 0 Å². The molecule has 0 aliphatic heterocycles. The number of anilines is 1. The van der Waals surface area contributed by atoms with Crippen LogP contribution in [0.5, 0.6) is 0 Å². The van der Waals surface area contributed by atoms with Crippen molar-refractivity contribution in [2.24, 2.45) is 0 Å². The molecule has 0 spiro atoms. The van der Waals surface area contributed by atoms with E-state index in [1.54, 1.807) is 11.8 Å². The Morgan fingerprint density at radius 1 is 0.929 bits per heavy atom. The number of fused-ring (bicyclic) bond motifs is 1. The molecule has 1 aromatic heterocycles. The molecule has 0 fully saturated rings. The molecule has 4 rings (SSSR count). The number of amides is 1. The predicted octanol–water partition coefficient (Wildman–Crippen LogP) is 6.18. The highest BCUT2D eigenvalue weighted by Crippen LogP contribution is 2.37. The van der Waals surface area contributed by atoms with E-state index < -0.39 is 0 Å². The van der Waals surface area contributed by atoms with E-state index in [2.05, 4.69) is 47.6 Å². The molecule has 0 saturated carbocycles. The van der Waals surface area contributed by atoms with E-state index in [0.717, 1.165) is 38.3 Å². The van der Waals surface area contributed by atoms with Crippen LogP contribution < -0.4 is 5.32 Å². The number of aromatic nitrogens is 1. The Balaban J connectivity index is 1.59. The summed E-state index contributed by atoms with van der Waals surface area (Å²) in [5.41, 5.74) is 6.43. The van der Waals surface area contributed by atoms with Gasteiger partial charge in [0, 0.05) is 21.5 Å². The van der Waals surface area contributed by atoms with Crippen LogP contribution in [0.1, 0.15) is 11.1 Å². The lowest BCUT2D eigenvalue weighted by Crippen LogP contribution is -2.15. The maximum atomic E-state index is 12.6. The average molecular weight is 387 g/mol. The highest BCUT2D eigenvalue weighted by molar-refractivity contribution is 8.00. The van der Waals surface area contributed by atoms with Crippen molar-refractivity contribution in [2.45, 2.75) is 18.7 Å². The predicted molar refractivity (Wildman–Crippen MR) is 119 cm³/mol. The molecule has 140 valence electrons. The summed E-state index contributed by atoms with van der Waals surface area (Å²) in [5, 5.41) is 4.20. The first kappa shape index (κ1) is 18.4. The van der Waals surface area contributed by atoms with Gasteiger partial charge in [-0.2, -0.15) is 0 Å². The Hall–Kier alpha value is -2.98. The number of carbonyl (C=O) groups is 1. The Labute approximate surface area is 169 Å². The number of rotatable bonds is 5. The maximum Gasteiger partial charge on any atom is 0.234 e. The zero-order valence-corrected chi connectivity index (χ0v) is 16.8. The SMILES string of the molecule is Cc1cccc(NC(=O)CSc2c(-c3ccccc3)[nH]c3ccccc23)c1C. The summed E-state index contributed by atoms with van der Waals surface area (Å²) in [6.07, 6.45) is 0. The molecule has 0 aliphatic rings. The number of nitrogens with one attached hydrogen (secondary N) is 2. The van der Waals surface area contributed by atoms with Gasteiger partial charge in [0.15, 0.2) is 0 Å². The normalized spacial score (nSPS) is 10.9. The Morgan fingerprint density at radius 2 is 1.68 bits per heavy atom. The number of aryl methyl sites for hydroxylation is 1. The number of benzene rings is 3. The van der Waals surface area contributed by atoms with Gasteiger partial charge in [-0.25, -0.2) is 0 Å². The van der Waals surface area contributed by atoms with Crippen LogP contribution in [-0.2, 0) is 4.79 Å². The van der Waals surface area contributed by atoms with E-state index in [1.165, 1.54) is 5.56 Å². The molecule has 0 saturated heterocycles. The number of hydrogen-bond donors (Lipinski definition) is 2. The van der Waals surface area contributed by atoms with E-state index in [9.17, 15) is 4.79 Å². The van der Waals surface area contributed by atoms with Crippen molar-refractivity contribution >= 4 is 34.3 Å². The lowest BCUT2D eigenvalue weighted by Gasteiger charge is -2.10. The van der Waals surface area contributed by atoms with Crippen LogP contribution in [0.4, 0.5) is 5.69 Å². The smallest absolute Gasteiger partial charge is 0.234 e. The summed E-state index contributed by atoms with van der Waals surface area (Å²) in [4.78, 5) is 17.2. The number of aromatic amines is 1. The second kappa shape index (κ2) is 7.95. The number of carbonyl (C=O) groups excluding carboxylic acids is 1. The second-order valence-corrected chi connectivity index (χ2v) is 7.81. The molecule has 0 aliphatic carbocycles. The van der Waals surface area contributed by atoms with Gasteiger partial charge in [-0.15, -0.1) is 11.8 Å². The molecular formula is C24H22N2OS. The summed E-state index contributed by atoms with van der Waals surface area (Å²) < 4.78 is 0. The first-order valence-electron chi connectivity index (χ1n) is 9.28. The largest absolute Gasteiger partial charge is 0.354 e. The molecule has 4 aromatic rings. The summed E-state index contributed by atoms with van der Waals surface area (Å²) in [5.74, 6) is 0.359. The van der Waals surface area contributed by atoms with Gasteiger partial charge in [-0.05, 0) is 42.7 Å². The zero-order chi connectivity index (χ0) is 19.5. The number of H-pyrrole nitrogens is 1. The van der Waals surface area contributed by atoms with Crippen molar-refractivity contribution in [2.75, 3.05) is 11.1 Å². The minimum Gasteiger partial charge on any atom is -0.354 e. The van der Waals surface area contributed by atoms with Crippen LogP contribution in [0.2, 0.25) is 0 Å². The van der Waals surface area contributed by atoms with Gasteiger partial charge in [0.1, 0.15) is 0 Å². The van der Waals surface area contributed by atoms with Crippen molar-refractivity contribution in [1.82, 2.24) is 4.98 Å². The molecule has 1 heterocycles. The lowest BCUT2D eigenvalue weighted by atomic mass is 10.1. The fourth-order valence-corrected chi connectivity index (χ4v) is 4.28. The molecule has 0 unspecified atom stereocenters. The van der Waals surface area contributed by atoms with Crippen LogP contribution in [-0.4, -0.2) is 16.6 Å². The molecule has 0 radical (unpaired) electrons. The van der Waals surface area contributed by atoms with Gasteiger partial charge in [-0.1, -0.05) is 60.7 Å². The third-order valence-corrected chi connectivity index (χ3v) is 6.07. The molecule has 0 bridgehead atoms. The van der Waals surface area contributed by atoms with E-state index in [-0.39, 0.29) is 5.91 Å². The molecule has 0 atom stereocenters. The lowest BCUT2D eigenvalue weighted by molar-refractivity contribution is -0.113. The Kier molecular flexibility index (Phi) is 5.22. The van der Waals surface area contributed by atoms with E-state index in [0.29, 0.717) is 5.75 Å². The standard InChI is InChI=1S/C24H22N2OS/c1-16-9-8-14-20(17(16)2)25-22(27)15-28-24-19-12-6-7-13-21(19)26-23(24)18-10-4-3-5-11-18/h3-14,26H,15H2,1-2H3,(H,25,27). The van der Waals surface area contributed by atoms with Gasteiger partial charge in [0.2, 0.25) is 5.91 Å². The summed E-state index contributed by atoms with van der Waals surface area (Å²) in [7, 11) is 0. The van der Waals surface area contributed by atoms with Crippen LogP contribution in [0.3, 0.4) is 0 Å². The summed E-state index contributed by atoms with van der Waals surface area (Å²) in [6.45, 7) is 4.09. The van der Waals surface area contributed by atoms with Crippen LogP contribution >= 0.6 is 11.8 Å². The monoisotopic (exact) mass is 386 g/mol. The molecule has 3 aromatic carbocycles. The number of thioether (sulfide) groups is 1. The van der Waals surface area contributed by atoms with Crippen LogP contribution in [0, 0.1) is 13.8 Å². The number of hydrogen-bond acceptors (Lipinski definition) is 2. The van der Waals surface area contributed by atoms with Crippen molar-refractivity contribution in [3.63, 3.8) is 0 Å². The molecule has 2 N–H and O–H groups in total. The van der Waals surface area contributed by atoms with Crippen LogP contribution in [0.15, 0.2) is 77.7 Å². The summed E-state index contributed by atoms with van der Waals surface area (Å²) >= 11 is 1.57. The minimum absolute atomic E-state index is 0.00277. The average Bonchev–Trinajstić information content (AvgIpc) is 3.09. The van der Waals surface area contributed by atoms with Crippen molar-refractivity contribution < 1.29 is 4.79 Å². The van der Waals surface area contributed by atoms with Gasteiger partial charge in [0.05, 0.1) is 11.4 Å². The molecular weight excluding hydrogens is 364 g/mol. The third kappa shape index (κ3) is 3.69. The van der Waals surface area contributed by atoms with Gasteiger partial charge < -0.3 is 10.3 Å². The molecule has 3 nitrogen and oxygen atoms in total. The van der Waals surface area contributed by atoms with Gasteiger partial charge in [-0.3, -0.25) is 4.79 Å². The fourth-order valence-electron chi connectivity index (χ4n) is 3.28. The quantitative estimate of drug-likeness (QED) is 0.402. The third-order valence-electron chi connectivity index (χ3n) is 4.95. The minimum atomic E-state index is 0.00277. The van der Waals surface area contributed by atoms with Crippen molar-refractivity contribution in [3.05, 3.63) is 83.9 Å². The van der Waals surface area contributed by atoms with E-state index in [4.69, 9.17) is 0 Å². The highest BCUT2D eigenvalue weighted by Gasteiger charge is 2.15. The Bertz CT molecular complexity index is 1130. The first-order valence-corrected chi connectivity index (χ1v) is 10.3. The second-order valence-electron chi connectivity index (χ2n) is 6.83. The topological polar surface area (TPSA) is 44.9 Å². The molecule has 1 amide bonds. The fraction of sp³-hybridized carbons (Fsp3) is 0.125. The van der Waals surface area contributed by atoms with E-state index in [1.807, 2.05) is 49.4 Å². The maximum absolute atomic E-state index is 12.6. The molecule has 4 heteroatoms. The van der Waals surface area contributed by atoms with Gasteiger partial charge in [0.25, 0.3) is 0 Å². The number of para-hydroxylation sites is 1. The zero-order valence-electron chi connectivity index (χ0n) is 16.0. The highest BCUT2D eigenvalue weighted by atomic mass is 32.2. The molecule has 28 heavy (non-hydrogen) atoms. The Morgan fingerprint density at radius 3 is 2.50 bits per heavy atom. The van der Waals surface area contributed by atoms with E-state index >= 15 is 0 Å².